The molecule has 1 N–H and O–H groups in total. The summed E-state index contributed by atoms with van der Waals surface area (Å²) in [6, 6.07) is 12.8. The average Bonchev–Trinajstić information content (AvgIpc) is 2.66. The van der Waals surface area contributed by atoms with Gasteiger partial charge in [0.05, 0.1) is 13.2 Å². The zero-order valence-corrected chi connectivity index (χ0v) is 16.0. The number of nitrogens with one attached hydrogen (secondary N) is 1. The summed E-state index contributed by atoms with van der Waals surface area (Å²) in [7, 11) is 1.45. The molecule has 1 amide bonds. The van der Waals surface area contributed by atoms with E-state index in [0.717, 1.165) is 11.1 Å². The molecule has 2 rings (SSSR count). The molecule has 0 aliphatic heterocycles. The van der Waals surface area contributed by atoms with Gasteiger partial charge in [0.1, 0.15) is 29.7 Å². The van der Waals surface area contributed by atoms with E-state index in [4.69, 9.17) is 9.47 Å². The van der Waals surface area contributed by atoms with Crippen LogP contribution in [-0.4, -0.2) is 24.8 Å². The van der Waals surface area contributed by atoms with Crippen LogP contribution in [0.3, 0.4) is 0 Å². The lowest BCUT2D eigenvalue weighted by Crippen LogP contribution is -2.37. The van der Waals surface area contributed by atoms with Crippen molar-refractivity contribution in [3.8, 4) is 5.75 Å². The van der Waals surface area contributed by atoms with Crippen molar-refractivity contribution in [3.63, 3.8) is 0 Å². The van der Waals surface area contributed by atoms with E-state index in [1.165, 1.54) is 26.2 Å². The molecule has 0 aliphatic carbocycles. The van der Waals surface area contributed by atoms with E-state index in [1.54, 1.807) is 36.4 Å². The Bertz CT molecular complexity index is 833. The Hall–Kier alpha value is -3.15. The molecule has 0 unspecified atom stereocenters. The Morgan fingerprint density at radius 1 is 1.14 bits per heavy atom. The summed E-state index contributed by atoms with van der Waals surface area (Å²) in [4.78, 5) is 23.6. The highest BCUT2D eigenvalue weighted by Crippen LogP contribution is 2.16. The van der Waals surface area contributed by atoms with Crippen LogP contribution in [0.25, 0.3) is 0 Å². The molecule has 148 valence electrons. The van der Waals surface area contributed by atoms with Crippen LogP contribution in [0.15, 0.2) is 60.9 Å². The van der Waals surface area contributed by atoms with Gasteiger partial charge in [-0.05, 0) is 35.4 Å². The van der Waals surface area contributed by atoms with E-state index in [2.05, 4.69) is 11.9 Å². The molecule has 28 heavy (non-hydrogen) atoms. The van der Waals surface area contributed by atoms with Crippen molar-refractivity contribution >= 4 is 11.7 Å². The minimum atomic E-state index is -0.552. The monoisotopic (exact) mass is 385 g/mol. The zero-order chi connectivity index (χ0) is 20.5. The molecule has 6 heteroatoms. The van der Waals surface area contributed by atoms with Gasteiger partial charge in [-0.1, -0.05) is 30.8 Å². The van der Waals surface area contributed by atoms with Crippen LogP contribution in [-0.2, 0) is 27.4 Å². The van der Waals surface area contributed by atoms with Crippen LogP contribution in [0.1, 0.15) is 24.5 Å². The lowest BCUT2D eigenvalue weighted by atomic mass is 10.0. The van der Waals surface area contributed by atoms with Gasteiger partial charge < -0.3 is 14.8 Å². The lowest BCUT2D eigenvalue weighted by Gasteiger charge is -2.18. The molecule has 0 aromatic heterocycles. The van der Waals surface area contributed by atoms with E-state index >= 15 is 0 Å². The molecular weight excluding hydrogens is 361 g/mol. The smallest absolute Gasteiger partial charge is 0.217 e. The number of halogens is 1. The quantitative estimate of drug-likeness (QED) is 0.635. The molecule has 0 radical (unpaired) electrons. The van der Waals surface area contributed by atoms with E-state index < -0.39 is 6.04 Å². The summed E-state index contributed by atoms with van der Waals surface area (Å²) < 4.78 is 23.9. The highest BCUT2D eigenvalue weighted by Gasteiger charge is 2.19. The fourth-order valence-corrected chi connectivity index (χ4v) is 2.66. The molecule has 0 saturated carbocycles. The number of carbonyl (C=O) groups is 2. The predicted molar refractivity (Wildman–Crippen MR) is 104 cm³/mol. The van der Waals surface area contributed by atoms with Gasteiger partial charge in [0.25, 0.3) is 0 Å². The van der Waals surface area contributed by atoms with Crippen molar-refractivity contribution in [2.75, 3.05) is 7.11 Å². The summed E-state index contributed by atoms with van der Waals surface area (Å²) in [5.74, 6) is 0.360. The number of Topliss-reactive ketones (excluding diaryl/α,β-unsaturated/α-hetero) is 1. The Balaban J connectivity index is 1.89. The first kappa shape index (κ1) is 21.2. The largest absolute Gasteiger partial charge is 0.500 e. The van der Waals surface area contributed by atoms with Gasteiger partial charge in [-0.15, -0.1) is 0 Å². The topological polar surface area (TPSA) is 64.6 Å². The van der Waals surface area contributed by atoms with Crippen LogP contribution in [0.4, 0.5) is 4.39 Å². The summed E-state index contributed by atoms with van der Waals surface area (Å²) in [6.07, 6.45) is 0.321. The minimum absolute atomic E-state index is 0.0506. The van der Waals surface area contributed by atoms with E-state index in [1.807, 2.05) is 0 Å². The van der Waals surface area contributed by atoms with Crippen LogP contribution in [0, 0.1) is 5.82 Å². The Morgan fingerprint density at radius 2 is 1.86 bits per heavy atom. The third-order valence-corrected chi connectivity index (χ3v) is 4.08. The highest BCUT2D eigenvalue weighted by molar-refractivity contribution is 5.83. The second kappa shape index (κ2) is 10.3. The number of ether oxygens (including phenoxy) is 2. The first-order valence-electron chi connectivity index (χ1n) is 8.85. The van der Waals surface area contributed by atoms with Gasteiger partial charge in [-0.2, -0.15) is 0 Å². The van der Waals surface area contributed by atoms with Gasteiger partial charge in [-0.3, -0.25) is 9.59 Å². The number of amides is 1. The third-order valence-electron chi connectivity index (χ3n) is 4.08. The zero-order valence-electron chi connectivity index (χ0n) is 16.0. The first-order chi connectivity index (χ1) is 13.4. The maximum atomic E-state index is 13.2. The molecular formula is C22H24FNO4. The van der Waals surface area contributed by atoms with Gasteiger partial charge in [0, 0.05) is 19.8 Å². The summed E-state index contributed by atoms with van der Waals surface area (Å²) in [5.41, 5.74) is 1.56. The highest BCUT2D eigenvalue weighted by atomic mass is 19.1. The molecule has 2 aromatic carbocycles. The van der Waals surface area contributed by atoms with Gasteiger partial charge in [0.15, 0.2) is 0 Å². The fraction of sp³-hybridized carbons (Fsp3) is 0.273. The Morgan fingerprint density at radius 3 is 2.46 bits per heavy atom. The van der Waals surface area contributed by atoms with Gasteiger partial charge in [-0.25, -0.2) is 4.39 Å². The van der Waals surface area contributed by atoms with Crippen LogP contribution >= 0.6 is 0 Å². The third kappa shape index (κ3) is 6.87. The standard InChI is InChI=1S/C22H24FNO4/c1-15(27-3)22(24-16(2)25)13-20(26)12-17-7-9-21(10-8-17)28-14-18-5-4-6-19(23)11-18/h4-11,22H,1,12-14H2,2-3H3,(H,24,25)/t22-/m0/s1. The molecule has 1 atom stereocenters. The number of hydrogen-bond acceptors (Lipinski definition) is 4. The minimum Gasteiger partial charge on any atom is -0.500 e. The van der Waals surface area contributed by atoms with Crippen molar-refractivity contribution in [1.82, 2.24) is 5.32 Å². The summed E-state index contributed by atoms with van der Waals surface area (Å²) in [5, 5.41) is 2.66. The Kier molecular flexibility index (Phi) is 7.75. The second-order valence-electron chi connectivity index (χ2n) is 6.41. The number of carbonyl (C=O) groups excluding carboxylic acids is 2. The van der Waals surface area contributed by atoms with Crippen molar-refractivity contribution in [2.45, 2.75) is 32.4 Å². The van der Waals surface area contributed by atoms with Crippen molar-refractivity contribution in [2.24, 2.45) is 0 Å². The lowest BCUT2D eigenvalue weighted by molar-refractivity contribution is -0.121. The number of rotatable bonds is 10. The number of benzene rings is 2. The molecule has 0 spiro atoms. The summed E-state index contributed by atoms with van der Waals surface area (Å²) in [6.45, 7) is 5.36. The predicted octanol–water partition coefficient (Wildman–Crippen LogP) is 3.57. The molecule has 0 fully saturated rings. The fourth-order valence-electron chi connectivity index (χ4n) is 2.66. The van der Waals surface area contributed by atoms with E-state index in [9.17, 15) is 14.0 Å². The van der Waals surface area contributed by atoms with Crippen molar-refractivity contribution in [3.05, 3.63) is 77.8 Å². The number of hydrogen-bond donors (Lipinski definition) is 1. The van der Waals surface area contributed by atoms with E-state index in [0.29, 0.717) is 11.5 Å². The molecule has 2 aromatic rings. The van der Waals surface area contributed by atoms with Crippen LogP contribution in [0.5, 0.6) is 5.75 Å². The first-order valence-corrected chi connectivity index (χ1v) is 8.85. The van der Waals surface area contributed by atoms with Gasteiger partial charge in [0.2, 0.25) is 5.91 Å². The average molecular weight is 385 g/mol. The Labute approximate surface area is 164 Å². The molecule has 0 bridgehead atoms. The van der Waals surface area contributed by atoms with Crippen LogP contribution in [0.2, 0.25) is 0 Å². The maximum Gasteiger partial charge on any atom is 0.217 e. The second-order valence-corrected chi connectivity index (χ2v) is 6.41. The number of methoxy groups -OCH3 is 1. The summed E-state index contributed by atoms with van der Waals surface area (Å²) >= 11 is 0. The van der Waals surface area contributed by atoms with E-state index in [-0.39, 0.29) is 37.0 Å². The SMILES string of the molecule is C=C(OC)[C@H](CC(=O)Cc1ccc(OCc2cccc(F)c2)cc1)NC(C)=O. The normalized spacial score (nSPS) is 11.4. The van der Waals surface area contributed by atoms with Gasteiger partial charge >= 0.3 is 0 Å². The van der Waals surface area contributed by atoms with Crippen LogP contribution < -0.4 is 10.1 Å². The number of ketones is 1. The van der Waals surface area contributed by atoms with Crippen molar-refractivity contribution < 1.29 is 23.5 Å². The molecule has 0 aliphatic rings. The van der Waals surface area contributed by atoms with Crippen molar-refractivity contribution in [1.29, 1.82) is 0 Å². The molecule has 5 nitrogen and oxygen atoms in total. The molecule has 0 saturated heterocycles. The molecule has 0 heterocycles. The maximum absolute atomic E-state index is 13.2.